The maximum Gasteiger partial charge on any atom is 0.240 e. The van der Waals surface area contributed by atoms with Crippen LogP contribution >= 0.6 is 0 Å². The van der Waals surface area contributed by atoms with Crippen LogP contribution in [-0.4, -0.2) is 49.1 Å². The second-order valence-electron chi connectivity index (χ2n) is 3.74. The first-order chi connectivity index (χ1) is 7.02. The Kier molecular flexibility index (Phi) is 4.05. The van der Waals surface area contributed by atoms with E-state index in [2.05, 4.69) is 0 Å². The first-order valence-electron chi connectivity index (χ1n) is 4.90. The van der Waals surface area contributed by atoms with Crippen LogP contribution in [-0.2, 0) is 14.3 Å². The number of amides is 2. The van der Waals surface area contributed by atoms with Gasteiger partial charge in [-0.25, -0.2) is 0 Å². The van der Waals surface area contributed by atoms with Crippen molar-refractivity contribution in [3.05, 3.63) is 0 Å². The van der Waals surface area contributed by atoms with Crippen molar-refractivity contribution in [3.63, 3.8) is 0 Å². The van der Waals surface area contributed by atoms with Gasteiger partial charge in [0.15, 0.2) is 0 Å². The Bertz CT molecular complexity index is 251. The molecule has 86 valence electrons. The molecule has 1 saturated heterocycles. The quantitative estimate of drug-likeness (QED) is 0.592. The second-order valence-corrected chi connectivity index (χ2v) is 3.74. The molecule has 0 spiro atoms. The predicted octanol–water partition coefficient (Wildman–Crippen LogP) is -1.56. The van der Waals surface area contributed by atoms with E-state index >= 15 is 0 Å². The van der Waals surface area contributed by atoms with Crippen molar-refractivity contribution < 1.29 is 14.3 Å². The average Bonchev–Trinajstić information content (AvgIpc) is 2.67. The van der Waals surface area contributed by atoms with Crippen LogP contribution in [0.4, 0.5) is 0 Å². The Hall–Kier alpha value is -1.14. The molecule has 6 heteroatoms. The van der Waals surface area contributed by atoms with Crippen LogP contribution in [0.3, 0.4) is 0 Å². The third-order valence-corrected chi connectivity index (χ3v) is 2.54. The van der Waals surface area contributed by atoms with Gasteiger partial charge in [0.1, 0.15) is 0 Å². The van der Waals surface area contributed by atoms with Gasteiger partial charge in [0.05, 0.1) is 25.1 Å². The number of nitrogens with two attached hydrogens (primary N) is 2. The highest BCUT2D eigenvalue weighted by Crippen LogP contribution is 2.11. The minimum atomic E-state index is -0.840. The minimum absolute atomic E-state index is 0.0661. The van der Waals surface area contributed by atoms with Crippen LogP contribution in [0.2, 0.25) is 0 Å². The fourth-order valence-electron chi connectivity index (χ4n) is 1.57. The van der Waals surface area contributed by atoms with Gasteiger partial charge in [-0.3, -0.25) is 9.59 Å². The molecule has 1 rings (SSSR count). The largest absolute Gasteiger partial charge is 0.379 e. The Morgan fingerprint density at radius 2 is 2.27 bits per heavy atom. The van der Waals surface area contributed by atoms with Crippen molar-refractivity contribution in [2.24, 2.45) is 11.5 Å². The molecule has 1 aliphatic heterocycles. The van der Waals surface area contributed by atoms with Crippen LogP contribution in [0.15, 0.2) is 0 Å². The molecular weight excluding hydrogens is 198 g/mol. The fourth-order valence-corrected chi connectivity index (χ4v) is 1.57. The number of likely N-dealkylation sites (N-methyl/N-ethyl adjacent to an activating group) is 1. The molecule has 0 saturated carbocycles. The standard InChI is InChI=1S/C9H17N3O3/c1-12(6-2-3-15-5-6)9(14)7(10)4-8(11)13/h6-7H,2-5,10H2,1H3,(H2,11,13). The third kappa shape index (κ3) is 3.17. The molecule has 2 atom stereocenters. The molecule has 0 aromatic rings. The SMILES string of the molecule is CN(C(=O)C(N)CC(N)=O)C1CCOC1. The molecular formula is C9H17N3O3. The predicted molar refractivity (Wildman–Crippen MR) is 53.8 cm³/mol. The van der Waals surface area contributed by atoms with E-state index < -0.39 is 11.9 Å². The maximum atomic E-state index is 11.7. The number of primary amides is 1. The molecule has 0 bridgehead atoms. The van der Waals surface area contributed by atoms with Crippen LogP contribution in [0.5, 0.6) is 0 Å². The first kappa shape index (κ1) is 11.9. The zero-order valence-corrected chi connectivity index (χ0v) is 8.81. The molecule has 1 heterocycles. The van der Waals surface area contributed by atoms with E-state index in [0.29, 0.717) is 13.2 Å². The highest BCUT2D eigenvalue weighted by Gasteiger charge is 2.27. The summed E-state index contributed by atoms with van der Waals surface area (Å²) in [6, 6.07) is -0.774. The minimum Gasteiger partial charge on any atom is -0.379 e. The van der Waals surface area contributed by atoms with Gasteiger partial charge in [-0.2, -0.15) is 0 Å². The number of hydrogen-bond acceptors (Lipinski definition) is 4. The number of ether oxygens (including phenoxy) is 1. The zero-order chi connectivity index (χ0) is 11.4. The van der Waals surface area contributed by atoms with Gasteiger partial charge in [-0.1, -0.05) is 0 Å². The summed E-state index contributed by atoms with van der Waals surface area (Å²) < 4.78 is 5.16. The van der Waals surface area contributed by atoms with Gasteiger partial charge < -0.3 is 21.1 Å². The number of carbonyl (C=O) groups excluding carboxylic acids is 2. The van der Waals surface area contributed by atoms with Crippen LogP contribution < -0.4 is 11.5 Å². The van der Waals surface area contributed by atoms with E-state index in [-0.39, 0.29) is 18.4 Å². The smallest absolute Gasteiger partial charge is 0.240 e. The molecule has 0 radical (unpaired) electrons. The topological polar surface area (TPSA) is 98.6 Å². The van der Waals surface area contributed by atoms with Crippen LogP contribution in [0.1, 0.15) is 12.8 Å². The third-order valence-electron chi connectivity index (χ3n) is 2.54. The van der Waals surface area contributed by atoms with Crippen molar-refractivity contribution in [2.45, 2.75) is 24.9 Å². The highest BCUT2D eigenvalue weighted by atomic mass is 16.5. The molecule has 2 amide bonds. The molecule has 1 aliphatic rings. The van der Waals surface area contributed by atoms with E-state index in [9.17, 15) is 9.59 Å². The second kappa shape index (κ2) is 5.09. The Balaban J connectivity index is 2.47. The molecule has 0 aromatic heterocycles. The summed E-state index contributed by atoms with van der Waals surface area (Å²) in [7, 11) is 1.67. The summed E-state index contributed by atoms with van der Waals surface area (Å²) in [4.78, 5) is 23.9. The number of nitrogens with zero attached hydrogens (tertiary/aromatic N) is 1. The Labute approximate surface area is 88.5 Å². The van der Waals surface area contributed by atoms with Gasteiger partial charge >= 0.3 is 0 Å². The van der Waals surface area contributed by atoms with Crippen molar-refractivity contribution >= 4 is 11.8 Å². The van der Waals surface area contributed by atoms with Gasteiger partial charge in [-0.05, 0) is 6.42 Å². The first-order valence-corrected chi connectivity index (χ1v) is 4.90. The zero-order valence-electron chi connectivity index (χ0n) is 8.81. The molecule has 6 nitrogen and oxygen atoms in total. The summed E-state index contributed by atoms with van der Waals surface area (Å²) in [6.45, 7) is 1.19. The van der Waals surface area contributed by atoms with Gasteiger partial charge in [-0.15, -0.1) is 0 Å². The molecule has 0 aromatic carbocycles. The van der Waals surface area contributed by atoms with Crippen LogP contribution in [0, 0.1) is 0 Å². The van der Waals surface area contributed by atoms with E-state index in [4.69, 9.17) is 16.2 Å². The lowest BCUT2D eigenvalue weighted by Gasteiger charge is -2.25. The van der Waals surface area contributed by atoms with Crippen LogP contribution in [0.25, 0.3) is 0 Å². The molecule has 15 heavy (non-hydrogen) atoms. The number of rotatable bonds is 4. The van der Waals surface area contributed by atoms with Crippen molar-refractivity contribution in [1.82, 2.24) is 4.90 Å². The monoisotopic (exact) mass is 215 g/mol. The average molecular weight is 215 g/mol. The Morgan fingerprint density at radius 3 is 2.73 bits per heavy atom. The lowest BCUT2D eigenvalue weighted by atomic mass is 10.1. The molecule has 1 fully saturated rings. The summed E-state index contributed by atoms with van der Waals surface area (Å²) in [5.41, 5.74) is 10.5. The van der Waals surface area contributed by atoms with E-state index in [1.807, 2.05) is 0 Å². The highest BCUT2D eigenvalue weighted by molar-refractivity contribution is 5.87. The van der Waals surface area contributed by atoms with Crippen molar-refractivity contribution in [2.75, 3.05) is 20.3 Å². The van der Waals surface area contributed by atoms with Gasteiger partial charge in [0.25, 0.3) is 0 Å². The van der Waals surface area contributed by atoms with E-state index in [1.54, 1.807) is 11.9 Å². The normalized spacial score (nSPS) is 22.4. The summed E-state index contributed by atoms with van der Waals surface area (Å²) in [5, 5.41) is 0. The molecule has 4 N–H and O–H groups in total. The molecule has 0 aliphatic carbocycles. The maximum absolute atomic E-state index is 11.7. The van der Waals surface area contributed by atoms with Crippen molar-refractivity contribution in [3.8, 4) is 0 Å². The lowest BCUT2D eigenvalue weighted by Crippen LogP contribution is -2.48. The Morgan fingerprint density at radius 1 is 1.60 bits per heavy atom. The fraction of sp³-hybridized carbons (Fsp3) is 0.778. The summed E-state index contributed by atoms with van der Waals surface area (Å²) >= 11 is 0. The number of carbonyl (C=O) groups is 2. The lowest BCUT2D eigenvalue weighted by molar-refractivity contribution is -0.135. The summed E-state index contributed by atoms with van der Waals surface area (Å²) in [5.74, 6) is -0.823. The van der Waals surface area contributed by atoms with Gasteiger partial charge in [0, 0.05) is 13.7 Å². The van der Waals surface area contributed by atoms with Gasteiger partial charge in [0.2, 0.25) is 11.8 Å². The van der Waals surface area contributed by atoms with Crippen molar-refractivity contribution in [1.29, 1.82) is 0 Å². The summed E-state index contributed by atoms with van der Waals surface area (Å²) in [6.07, 6.45) is 0.697. The molecule has 2 unspecified atom stereocenters. The number of hydrogen-bond donors (Lipinski definition) is 2. The van der Waals surface area contributed by atoms with E-state index in [1.165, 1.54) is 0 Å². The van der Waals surface area contributed by atoms with E-state index in [0.717, 1.165) is 6.42 Å².